The van der Waals surface area contributed by atoms with E-state index in [1.807, 2.05) is 31.2 Å². The summed E-state index contributed by atoms with van der Waals surface area (Å²) < 4.78 is 0. The van der Waals surface area contributed by atoms with Gasteiger partial charge in [-0.3, -0.25) is 15.6 Å². The molecule has 1 aromatic rings. The van der Waals surface area contributed by atoms with Crippen LogP contribution >= 0.6 is 12.2 Å². The van der Waals surface area contributed by atoms with E-state index in [-0.39, 0.29) is 5.91 Å². The van der Waals surface area contributed by atoms with Crippen molar-refractivity contribution in [3.63, 3.8) is 0 Å². The van der Waals surface area contributed by atoms with Gasteiger partial charge in [0.25, 0.3) is 0 Å². The summed E-state index contributed by atoms with van der Waals surface area (Å²) in [7, 11) is 0. The van der Waals surface area contributed by atoms with Gasteiger partial charge in [0.2, 0.25) is 5.91 Å². The van der Waals surface area contributed by atoms with Gasteiger partial charge in [-0.1, -0.05) is 51.0 Å². The molecule has 0 saturated heterocycles. The lowest BCUT2D eigenvalue weighted by molar-refractivity contribution is -0.121. The van der Waals surface area contributed by atoms with Crippen molar-refractivity contribution in [2.45, 2.75) is 52.5 Å². The Morgan fingerprint density at radius 3 is 2.70 bits per heavy atom. The normalized spacial score (nSPS) is 23.9. The van der Waals surface area contributed by atoms with Gasteiger partial charge in [0.15, 0.2) is 5.11 Å². The second-order valence-electron chi connectivity index (χ2n) is 6.62. The lowest BCUT2D eigenvalue weighted by Gasteiger charge is -2.35. The van der Waals surface area contributed by atoms with Crippen LogP contribution in [-0.2, 0) is 11.2 Å². The molecule has 0 heterocycles. The predicted octanol–water partition coefficient (Wildman–Crippen LogP) is 2.86. The minimum Gasteiger partial charge on any atom is -0.358 e. The standard InChI is InChI=1S/C18H27N3OS/c1-12-8-6-10-16(14(12)3)19-18(23)21-20-17(22)11-15-9-5-4-7-13(15)2/h4-5,7,9,12,14,16H,6,8,10-11H2,1-3H3,(H,20,22)(H2,19,21,23)/t12-,14-,16+/m0/s1. The zero-order valence-corrected chi connectivity index (χ0v) is 15.0. The van der Waals surface area contributed by atoms with Gasteiger partial charge in [0.05, 0.1) is 6.42 Å². The number of aryl methyl sites for hydroxylation is 1. The van der Waals surface area contributed by atoms with E-state index in [0.29, 0.717) is 29.4 Å². The van der Waals surface area contributed by atoms with Crippen LogP contribution in [0.25, 0.3) is 0 Å². The molecule has 1 amide bonds. The minimum atomic E-state index is -0.0893. The Morgan fingerprint density at radius 2 is 1.96 bits per heavy atom. The van der Waals surface area contributed by atoms with Crippen LogP contribution < -0.4 is 16.2 Å². The topological polar surface area (TPSA) is 53.2 Å². The quantitative estimate of drug-likeness (QED) is 0.588. The molecule has 0 radical (unpaired) electrons. The average molecular weight is 334 g/mol. The fourth-order valence-electron chi connectivity index (χ4n) is 3.14. The molecule has 0 bridgehead atoms. The van der Waals surface area contributed by atoms with Gasteiger partial charge in [-0.15, -0.1) is 0 Å². The number of carbonyl (C=O) groups excluding carboxylic acids is 1. The maximum absolute atomic E-state index is 12.0. The van der Waals surface area contributed by atoms with Gasteiger partial charge in [-0.05, 0) is 48.5 Å². The third kappa shape index (κ3) is 5.20. The van der Waals surface area contributed by atoms with Crippen molar-refractivity contribution in [1.29, 1.82) is 0 Å². The molecule has 1 aromatic carbocycles. The highest BCUT2D eigenvalue weighted by atomic mass is 32.1. The second-order valence-corrected chi connectivity index (χ2v) is 7.03. The molecule has 0 aromatic heterocycles. The highest BCUT2D eigenvalue weighted by Gasteiger charge is 2.27. The van der Waals surface area contributed by atoms with Gasteiger partial charge in [-0.2, -0.15) is 0 Å². The first-order valence-electron chi connectivity index (χ1n) is 8.37. The summed E-state index contributed by atoms with van der Waals surface area (Å²) in [4.78, 5) is 12.0. The molecule has 2 rings (SSSR count). The molecule has 1 aliphatic carbocycles. The SMILES string of the molecule is Cc1ccccc1CC(=O)NNC(=S)N[C@@H]1CCC[C@H](C)[C@@H]1C. The molecule has 23 heavy (non-hydrogen) atoms. The van der Waals surface area contributed by atoms with Crippen LogP contribution in [0, 0.1) is 18.8 Å². The molecule has 126 valence electrons. The van der Waals surface area contributed by atoms with E-state index in [0.717, 1.165) is 17.5 Å². The number of carbonyl (C=O) groups is 1. The molecule has 0 spiro atoms. The summed E-state index contributed by atoms with van der Waals surface area (Å²) in [6.45, 7) is 6.56. The predicted molar refractivity (Wildman–Crippen MR) is 97.9 cm³/mol. The number of hydrazine groups is 1. The van der Waals surface area contributed by atoms with E-state index in [1.54, 1.807) is 0 Å². The lowest BCUT2D eigenvalue weighted by atomic mass is 9.78. The summed E-state index contributed by atoms with van der Waals surface area (Å²) in [5.74, 6) is 1.21. The van der Waals surface area contributed by atoms with Crippen LogP contribution in [-0.4, -0.2) is 17.1 Å². The van der Waals surface area contributed by atoms with E-state index < -0.39 is 0 Å². The van der Waals surface area contributed by atoms with E-state index in [4.69, 9.17) is 12.2 Å². The Hall–Kier alpha value is -1.62. The maximum atomic E-state index is 12.0. The van der Waals surface area contributed by atoms with Crippen molar-refractivity contribution in [2.75, 3.05) is 0 Å². The minimum absolute atomic E-state index is 0.0893. The largest absolute Gasteiger partial charge is 0.358 e. The lowest BCUT2D eigenvalue weighted by Crippen LogP contribution is -2.52. The summed E-state index contributed by atoms with van der Waals surface area (Å²) in [6, 6.07) is 8.28. The van der Waals surface area contributed by atoms with Gasteiger partial charge < -0.3 is 5.32 Å². The van der Waals surface area contributed by atoms with Crippen LogP contribution in [0.4, 0.5) is 0 Å². The molecule has 1 aliphatic rings. The number of rotatable bonds is 3. The van der Waals surface area contributed by atoms with Crippen molar-refractivity contribution in [1.82, 2.24) is 16.2 Å². The molecule has 3 N–H and O–H groups in total. The first-order chi connectivity index (χ1) is 11.0. The number of thiocarbonyl (C=S) groups is 1. The summed E-state index contributed by atoms with van der Waals surface area (Å²) >= 11 is 5.30. The van der Waals surface area contributed by atoms with E-state index >= 15 is 0 Å². The van der Waals surface area contributed by atoms with E-state index in [2.05, 4.69) is 30.0 Å². The number of hydrogen-bond acceptors (Lipinski definition) is 2. The Labute approximate surface area is 144 Å². The number of nitrogens with one attached hydrogen (secondary N) is 3. The van der Waals surface area contributed by atoms with Crippen LogP contribution in [0.5, 0.6) is 0 Å². The monoisotopic (exact) mass is 333 g/mol. The molecular weight excluding hydrogens is 306 g/mol. The third-order valence-corrected chi connectivity index (χ3v) is 5.17. The summed E-state index contributed by atoms with van der Waals surface area (Å²) in [5.41, 5.74) is 7.65. The molecule has 5 heteroatoms. The van der Waals surface area contributed by atoms with Crippen LogP contribution in [0.3, 0.4) is 0 Å². The van der Waals surface area contributed by atoms with Crippen LogP contribution in [0.15, 0.2) is 24.3 Å². The van der Waals surface area contributed by atoms with Crippen molar-refractivity contribution < 1.29 is 4.79 Å². The molecule has 3 atom stereocenters. The van der Waals surface area contributed by atoms with Gasteiger partial charge in [0.1, 0.15) is 0 Å². The zero-order valence-electron chi connectivity index (χ0n) is 14.2. The van der Waals surface area contributed by atoms with Crippen LogP contribution in [0.2, 0.25) is 0 Å². The van der Waals surface area contributed by atoms with Crippen LogP contribution in [0.1, 0.15) is 44.2 Å². The van der Waals surface area contributed by atoms with Gasteiger partial charge >= 0.3 is 0 Å². The van der Waals surface area contributed by atoms with Crippen molar-refractivity contribution in [3.05, 3.63) is 35.4 Å². The Balaban J connectivity index is 1.76. The maximum Gasteiger partial charge on any atom is 0.242 e. The second kappa shape index (κ2) is 8.29. The fraction of sp³-hybridized carbons (Fsp3) is 0.556. The molecular formula is C18H27N3OS. The number of amides is 1. The van der Waals surface area contributed by atoms with Crippen molar-refractivity contribution >= 4 is 23.2 Å². The number of benzene rings is 1. The molecule has 1 fully saturated rings. The van der Waals surface area contributed by atoms with Crippen molar-refractivity contribution in [3.8, 4) is 0 Å². The number of hydrogen-bond donors (Lipinski definition) is 3. The zero-order chi connectivity index (χ0) is 16.8. The molecule has 0 unspecified atom stereocenters. The average Bonchev–Trinajstić information content (AvgIpc) is 2.52. The van der Waals surface area contributed by atoms with Crippen molar-refractivity contribution in [2.24, 2.45) is 11.8 Å². The fourth-order valence-corrected chi connectivity index (χ4v) is 3.34. The molecule has 4 nitrogen and oxygen atoms in total. The summed E-state index contributed by atoms with van der Waals surface area (Å²) in [5, 5.41) is 3.83. The third-order valence-electron chi connectivity index (χ3n) is 4.95. The highest BCUT2D eigenvalue weighted by Crippen LogP contribution is 2.29. The Morgan fingerprint density at radius 1 is 1.22 bits per heavy atom. The molecule has 1 saturated carbocycles. The van der Waals surface area contributed by atoms with Gasteiger partial charge in [0, 0.05) is 6.04 Å². The highest BCUT2D eigenvalue weighted by molar-refractivity contribution is 7.80. The first-order valence-corrected chi connectivity index (χ1v) is 8.78. The molecule has 0 aliphatic heterocycles. The Bertz CT molecular complexity index is 561. The smallest absolute Gasteiger partial charge is 0.242 e. The van der Waals surface area contributed by atoms with E-state index in [9.17, 15) is 4.79 Å². The summed E-state index contributed by atoms with van der Waals surface area (Å²) in [6.07, 6.45) is 3.99. The van der Waals surface area contributed by atoms with E-state index in [1.165, 1.54) is 12.8 Å². The Kier molecular flexibility index (Phi) is 6.39. The van der Waals surface area contributed by atoms with Gasteiger partial charge in [-0.25, -0.2) is 0 Å². The first kappa shape index (κ1) is 17.7.